The van der Waals surface area contributed by atoms with Crippen LogP contribution in [0, 0.1) is 3.57 Å². The summed E-state index contributed by atoms with van der Waals surface area (Å²) in [6, 6.07) is 16.8. The molecular formula is C25H24ClIN4O2. The van der Waals surface area contributed by atoms with Crippen molar-refractivity contribution in [3.05, 3.63) is 86.1 Å². The Balaban J connectivity index is 1.68. The highest BCUT2D eigenvalue weighted by Crippen LogP contribution is 2.28. The van der Waals surface area contributed by atoms with Gasteiger partial charge in [0.1, 0.15) is 11.9 Å². The number of pyridine rings is 1. The molecule has 0 saturated carbocycles. The van der Waals surface area contributed by atoms with Crippen LogP contribution in [0.3, 0.4) is 0 Å². The van der Waals surface area contributed by atoms with Crippen molar-refractivity contribution in [2.45, 2.75) is 18.9 Å². The predicted octanol–water partition coefficient (Wildman–Crippen LogP) is 5.19. The number of benzodiazepines with no additional fused rings is 1. The molecule has 0 radical (unpaired) electrons. The summed E-state index contributed by atoms with van der Waals surface area (Å²) in [5, 5.41) is 6.97. The molecule has 0 aliphatic carbocycles. The summed E-state index contributed by atoms with van der Waals surface area (Å²) in [4.78, 5) is 22.6. The fourth-order valence-corrected chi connectivity index (χ4v) is 4.34. The fraction of sp³-hybridized carbons (Fsp3) is 0.240. The van der Waals surface area contributed by atoms with E-state index < -0.39 is 6.04 Å². The van der Waals surface area contributed by atoms with Crippen molar-refractivity contribution in [2.75, 3.05) is 30.9 Å². The number of hydrogen-bond acceptors (Lipinski definition) is 5. The van der Waals surface area contributed by atoms with E-state index in [2.05, 4.69) is 38.2 Å². The van der Waals surface area contributed by atoms with Crippen LogP contribution in [0.25, 0.3) is 0 Å². The Kier molecular flexibility index (Phi) is 7.95. The summed E-state index contributed by atoms with van der Waals surface area (Å²) in [6.07, 6.45) is 3.10. The van der Waals surface area contributed by atoms with Crippen molar-refractivity contribution in [1.29, 1.82) is 0 Å². The van der Waals surface area contributed by atoms with E-state index in [0.717, 1.165) is 50.4 Å². The van der Waals surface area contributed by atoms with Crippen LogP contribution in [0.1, 0.15) is 23.1 Å². The number of methoxy groups -OCH3 is 1. The average Bonchev–Trinajstić information content (AvgIpc) is 2.95. The van der Waals surface area contributed by atoms with Crippen molar-refractivity contribution in [2.24, 2.45) is 4.99 Å². The minimum absolute atomic E-state index is 0.156. The standard InChI is InChI=1S/C25H24ClIN4O2/c1-33-12-4-11-28-23-10-7-17(15-29-23)24-19-14-18(27)8-9-21(19)31-25(32)22(30-24)13-16-5-2-3-6-20(16)26/h2-3,5-10,14-15,22H,4,11-13H2,1H3,(H,28,29)(H,31,32). The molecule has 2 aromatic carbocycles. The number of hydrogen-bond donors (Lipinski definition) is 2. The quantitative estimate of drug-likeness (QED) is 0.287. The Labute approximate surface area is 212 Å². The zero-order chi connectivity index (χ0) is 23.2. The van der Waals surface area contributed by atoms with Crippen LogP contribution in [0.15, 0.2) is 65.8 Å². The third kappa shape index (κ3) is 5.90. The smallest absolute Gasteiger partial charge is 0.249 e. The van der Waals surface area contributed by atoms with E-state index in [4.69, 9.17) is 21.3 Å². The lowest BCUT2D eigenvalue weighted by molar-refractivity contribution is -0.117. The normalized spacial score (nSPS) is 15.3. The second kappa shape index (κ2) is 11.1. The fourth-order valence-electron chi connectivity index (χ4n) is 3.63. The SMILES string of the molecule is COCCCNc1ccc(C2=NC(Cc3ccccc3Cl)C(=O)Nc3ccc(I)cc32)cn1. The number of fused-ring (bicyclic) bond motifs is 1. The maximum atomic E-state index is 13.1. The van der Waals surface area contributed by atoms with Crippen LogP contribution >= 0.6 is 34.2 Å². The molecule has 1 atom stereocenters. The van der Waals surface area contributed by atoms with Gasteiger partial charge < -0.3 is 15.4 Å². The summed E-state index contributed by atoms with van der Waals surface area (Å²) in [5.74, 6) is 0.630. The molecule has 2 heterocycles. The molecule has 0 spiro atoms. The van der Waals surface area contributed by atoms with Crippen LogP contribution in [0.4, 0.5) is 11.5 Å². The number of carbonyl (C=O) groups excluding carboxylic acids is 1. The minimum atomic E-state index is -0.614. The van der Waals surface area contributed by atoms with Crippen LogP contribution in [0.5, 0.6) is 0 Å². The average molecular weight is 575 g/mol. The molecule has 1 aromatic heterocycles. The molecule has 6 nitrogen and oxygen atoms in total. The number of aliphatic imine (C=N–C) groups is 1. The second-order valence-corrected chi connectivity index (χ2v) is 9.33. The Morgan fingerprint density at radius 1 is 1.18 bits per heavy atom. The first-order chi connectivity index (χ1) is 16.0. The molecule has 1 aliphatic heterocycles. The number of amides is 1. The lowest BCUT2D eigenvalue weighted by atomic mass is 10.0. The van der Waals surface area contributed by atoms with Gasteiger partial charge in [-0.15, -0.1) is 0 Å². The van der Waals surface area contributed by atoms with Gasteiger partial charge in [-0.1, -0.05) is 29.8 Å². The van der Waals surface area contributed by atoms with Crippen molar-refractivity contribution < 1.29 is 9.53 Å². The molecule has 170 valence electrons. The second-order valence-electron chi connectivity index (χ2n) is 7.67. The Bertz CT molecular complexity index is 1170. The Hall–Kier alpha value is -2.49. The number of ether oxygens (including phenoxy) is 1. The molecule has 8 heteroatoms. The van der Waals surface area contributed by atoms with E-state index in [-0.39, 0.29) is 5.91 Å². The van der Waals surface area contributed by atoms with Crippen molar-refractivity contribution >= 4 is 57.3 Å². The lowest BCUT2D eigenvalue weighted by Crippen LogP contribution is -2.27. The number of rotatable bonds is 8. The van der Waals surface area contributed by atoms with Gasteiger partial charge in [-0.25, -0.2) is 4.98 Å². The highest BCUT2D eigenvalue weighted by molar-refractivity contribution is 14.1. The molecule has 33 heavy (non-hydrogen) atoms. The topological polar surface area (TPSA) is 75.6 Å². The zero-order valence-electron chi connectivity index (χ0n) is 18.1. The highest BCUT2D eigenvalue weighted by Gasteiger charge is 2.27. The van der Waals surface area contributed by atoms with E-state index in [9.17, 15) is 4.79 Å². The monoisotopic (exact) mass is 574 g/mol. The minimum Gasteiger partial charge on any atom is -0.385 e. The van der Waals surface area contributed by atoms with Gasteiger partial charge in [0.15, 0.2) is 0 Å². The summed E-state index contributed by atoms with van der Waals surface area (Å²) in [7, 11) is 1.69. The Morgan fingerprint density at radius 3 is 2.79 bits per heavy atom. The summed E-state index contributed by atoms with van der Waals surface area (Å²) < 4.78 is 6.14. The molecule has 4 rings (SSSR count). The van der Waals surface area contributed by atoms with E-state index in [1.807, 2.05) is 54.6 Å². The molecule has 1 amide bonds. The molecule has 1 aliphatic rings. The third-order valence-electron chi connectivity index (χ3n) is 5.32. The summed E-state index contributed by atoms with van der Waals surface area (Å²) >= 11 is 8.64. The van der Waals surface area contributed by atoms with E-state index in [0.29, 0.717) is 18.1 Å². The summed E-state index contributed by atoms with van der Waals surface area (Å²) in [5.41, 5.74) is 4.08. The van der Waals surface area contributed by atoms with Gasteiger partial charge in [0.05, 0.1) is 11.4 Å². The summed E-state index contributed by atoms with van der Waals surface area (Å²) in [6.45, 7) is 1.48. The van der Waals surface area contributed by atoms with E-state index >= 15 is 0 Å². The number of anilines is 2. The van der Waals surface area contributed by atoms with Gasteiger partial charge in [-0.3, -0.25) is 9.79 Å². The Morgan fingerprint density at radius 2 is 2.03 bits per heavy atom. The van der Waals surface area contributed by atoms with Crippen molar-refractivity contribution in [1.82, 2.24) is 4.98 Å². The third-order valence-corrected chi connectivity index (χ3v) is 6.36. The van der Waals surface area contributed by atoms with Crippen LogP contribution < -0.4 is 10.6 Å². The molecule has 1 unspecified atom stereocenters. The molecule has 0 bridgehead atoms. The number of nitrogens with zero attached hydrogens (tertiary/aromatic N) is 2. The molecular weight excluding hydrogens is 551 g/mol. The first-order valence-electron chi connectivity index (χ1n) is 10.7. The largest absolute Gasteiger partial charge is 0.385 e. The number of carbonyl (C=O) groups is 1. The number of benzene rings is 2. The van der Waals surface area contributed by atoms with E-state index in [1.54, 1.807) is 13.3 Å². The molecule has 2 N–H and O–H groups in total. The predicted molar refractivity (Wildman–Crippen MR) is 142 cm³/mol. The van der Waals surface area contributed by atoms with Gasteiger partial charge in [0, 0.05) is 52.6 Å². The number of nitrogens with one attached hydrogen (secondary N) is 2. The number of aromatic nitrogens is 1. The van der Waals surface area contributed by atoms with Gasteiger partial charge in [0.25, 0.3) is 0 Å². The van der Waals surface area contributed by atoms with Crippen LogP contribution in [-0.4, -0.2) is 42.9 Å². The van der Waals surface area contributed by atoms with Crippen molar-refractivity contribution in [3.8, 4) is 0 Å². The first-order valence-corrected chi connectivity index (χ1v) is 12.1. The number of halogens is 2. The van der Waals surface area contributed by atoms with Crippen molar-refractivity contribution in [3.63, 3.8) is 0 Å². The van der Waals surface area contributed by atoms with Gasteiger partial charge >= 0.3 is 0 Å². The molecule has 0 fully saturated rings. The van der Waals surface area contributed by atoms with Gasteiger partial charge in [-0.05, 0) is 71.0 Å². The van der Waals surface area contributed by atoms with Gasteiger partial charge in [0.2, 0.25) is 5.91 Å². The highest BCUT2D eigenvalue weighted by atomic mass is 127. The molecule has 3 aromatic rings. The van der Waals surface area contributed by atoms with Crippen LogP contribution in [0.2, 0.25) is 5.02 Å². The van der Waals surface area contributed by atoms with Crippen LogP contribution in [-0.2, 0) is 16.0 Å². The van der Waals surface area contributed by atoms with Gasteiger partial charge in [-0.2, -0.15) is 0 Å². The first kappa shape index (κ1) is 23.7. The zero-order valence-corrected chi connectivity index (χ0v) is 21.1. The lowest BCUT2D eigenvalue weighted by Gasteiger charge is -2.12. The maximum Gasteiger partial charge on any atom is 0.249 e. The molecule has 0 saturated heterocycles. The van der Waals surface area contributed by atoms with E-state index in [1.165, 1.54) is 0 Å². The maximum absolute atomic E-state index is 13.1.